The maximum Gasteiger partial charge on any atom is 0.261 e. The molecule has 0 radical (unpaired) electrons. The fourth-order valence-corrected chi connectivity index (χ4v) is 8.28. The number of hydrogen-bond donors (Lipinski definition) is 6. The summed E-state index contributed by atoms with van der Waals surface area (Å²) in [6.07, 6.45) is 2.07. The number of nitrogen functional groups attached to an aromatic ring is 2. The number of halogens is 2. The normalized spacial score (nSPS) is 15.0. The van der Waals surface area contributed by atoms with Crippen LogP contribution in [-0.4, -0.2) is 69.2 Å². The van der Waals surface area contributed by atoms with E-state index < -0.39 is 20.0 Å². The van der Waals surface area contributed by atoms with Gasteiger partial charge in [0.05, 0.1) is 38.2 Å². The number of rotatable bonds is 8. The van der Waals surface area contributed by atoms with E-state index in [0.717, 1.165) is 93.3 Å². The van der Waals surface area contributed by atoms with Crippen molar-refractivity contribution in [2.24, 2.45) is 0 Å². The van der Waals surface area contributed by atoms with Crippen LogP contribution in [0.2, 0.25) is 0 Å². The quantitative estimate of drug-likeness (QED) is 0.125. The molecular weight excluding hydrogens is 755 g/mol. The van der Waals surface area contributed by atoms with Crippen LogP contribution >= 0.6 is 24.8 Å². The molecule has 2 aliphatic rings. The minimum atomic E-state index is -3.69. The zero-order valence-electron chi connectivity index (χ0n) is 30.4. The summed E-state index contributed by atoms with van der Waals surface area (Å²) in [6, 6.07) is 22.8. The van der Waals surface area contributed by atoms with Crippen molar-refractivity contribution in [3.05, 3.63) is 95.6 Å². The molecule has 0 amide bonds. The highest BCUT2D eigenvalue weighted by atomic mass is 35.5. The Bertz CT molecular complexity index is 2020. The summed E-state index contributed by atoms with van der Waals surface area (Å²) in [5, 5.41) is 6.70. The monoisotopic (exact) mass is 806 g/mol. The van der Waals surface area contributed by atoms with Gasteiger partial charge in [0.15, 0.2) is 0 Å². The summed E-state index contributed by atoms with van der Waals surface area (Å²) in [4.78, 5) is 4.73. The number of hydrogen-bond acceptors (Lipinski definition) is 10. The Labute approximate surface area is 327 Å². The zero-order valence-corrected chi connectivity index (χ0v) is 33.7. The number of nitrogens with zero attached hydrogens (tertiary/aromatic N) is 2. The first-order chi connectivity index (χ1) is 24.3. The fourth-order valence-electron chi connectivity index (χ4n) is 6.03. The van der Waals surface area contributed by atoms with E-state index in [1.54, 1.807) is 42.5 Å². The van der Waals surface area contributed by atoms with Crippen molar-refractivity contribution in [3.63, 3.8) is 0 Å². The second-order valence-corrected chi connectivity index (χ2v) is 16.4. The van der Waals surface area contributed by atoms with Gasteiger partial charge in [0.1, 0.15) is 0 Å². The summed E-state index contributed by atoms with van der Waals surface area (Å²) in [6.45, 7) is 13.1. The van der Waals surface area contributed by atoms with E-state index >= 15 is 0 Å². The molecule has 53 heavy (non-hydrogen) atoms. The van der Waals surface area contributed by atoms with Crippen molar-refractivity contribution in [1.29, 1.82) is 0 Å². The molecule has 2 fully saturated rings. The molecule has 0 atom stereocenters. The first-order valence-electron chi connectivity index (χ1n) is 17.2. The van der Waals surface area contributed by atoms with Crippen LogP contribution in [0.15, 0.2) is 88.7 Å². The van der Waals surface area contributed by atoms with E-state index in [2.05, 4.69) is 29.9 Å². The number of nitrogens with two attached hydrogens (primary N) is 2. The summed E-state index contributed by atoms with van der Waals surface area (Å²) in [7, 11) is -7.35. The summed E-state index contributed by atoms with van der Waals surface area (Å²) >= 11 is 0. The summed E-state index contributed by atoms with van der Waals surface area (Å²) in [5.74, 6) is 0. The molecule has 2 saturated heterocycles. The molecule has 0 aromatic heterocycles. The predicted octanol–water partition coefficient (Wildman–Crippen LogP) is 5.51. The minimum Gasteiger partial charge on any atom is -0.397 e. The lowest BCUT2D eigenvalue weighted by atomic mass is 10.1. The molecule has 2 heterocycles. The standard InChI is InChI=1S/C19H26N4O2S.C18H24N4O2S.2ClH/c1-14-4-5-15(2)18(12-14)22-26(24,25)16-6-7-19(17(20)13-16)23-10-3-8-21-9-11-23;1-14-3-5-15(6-4-14)21-25(23,24)16-7-8-18(17(19)13-16)22-11-2-9-20-10-12-22;;/h4-7,12-13,21-22H,3,8-11,20H2,1-2H3;3-8,13,20-21H,2,9-12,19H2,1H3;2*1H. The van der Waals surface area contributed by atoms with Gasteiger partial charge in [-0.05, 0) is 112 Å². The predicted molar refractivity (Wildman–Crippen MR) is 224 cm³/mol. The molecule has 2 aliphatic heterocycles. The molecule has 6 rings (SSSR count). The van der Waals surface area contributed by atoms with Crippen molar-refractivity contribution in [3.8, 4) is 0 Å². The fraction of sp³-hybridized carbons (Fsp3) is 0.351. The number of aryl methyl sites for hydroxylation is 3. The average Bonchev–Trinajstić information content (AvgIpc) is 3.54. The van der Waals surface area contributed by atoms with Crippen LogP contribution in [-0.2, 0) is 20.0 Å². The second kappa shape index (κ2) is 19.4. The first kappa shape index (κ1) is 43.5. The van der Waals surface area contributed by atoms with Gasteiger partial charge in [-0.25, -0.2) is 16.8 Å². The lowest BCUT2D eigenvalue weighted by Gasteiger charge is -2.24. The molecule has 4 aromatic carbocycles. The molecule has 12 nitrogen and oxygen atoms in total. The molecule has 0 spiro atoms. The van der Waals surface area contributed by atoms with Gasteiger partial charge >= 0.3 is 0 Å². The third kappa shape index (κ3) is 11.8. The Kier molecular flexibility index (Phi) is 15.9. The Morgan fingerprint density at radius 3 is 1.53 bits per heavy atom. The number of sulfonamides is 2. The van der Waals surface area contributed by atoms with E-state index in [9.17, 15) is 16.8 Å². The third-order valence-corrected chi connectivity index (χ3v) is 11.7. The Morgan fingerprint density at radius 2 is 1.04 bits per heavy atom. The van der Waals surface area contributed by atoms with Crippen LogP contribution in [0.25, 0.3) is 0 Å². The van der Waals surface area contributed by atoms with Crippen LogP contribution in [0.3, 0.4) is 0 Å². The van der Waals surface area contributed by atoms with Gasteiger partial charge in [-0.15, -0.1) is 24.8 Å². The van der Waals surface area contributed by atoms with Gasteiger partial charge in [0.2, 0.25) is 0 Å². The highest BCUT2D eigenvalue weighted by molar-refractivity contribution is 7.93. The van der Waals surface area contributed by atoms with Gasteiger partial charge in [0, 0.05) is 45.0 Å². The van der Waals surface area contributed by atoms with Crippen LogP contribution in [0.1, 0.15) is 29.5 Å². The molecule has 0 aliphatic carbocycles. The molecule has 8 N–H and O–H groups in total. The smallest absolute Gasteiger partial charge is 0.261 e. The molecule has 16 heteroatoms. The van der Waals surface area contributed by atoms with Crippen molar-refractivity contribution in [2.75, 3.05) is 83.1 Å². The van der Waals surface area contributed by atoms with E-state index in [4.69, 9.17) is 11.5 Å². The number of anilines is 6. The van der Waals surface area contributed by atoms with E-state index in [0.29, 0.717) is 22.7 Å². The van der Waals surface area contributed by atoms with Crippen LogP contribution in [0.5, 0.6) is 0 Å². The largest absolute Gasteiger partial charge is 0.397 e. The van der Waals surface area contributed by atoms with Crippen molar-refractivity contribution in [1.82, 2.24) is 10.6 Å². The van der Waals surface area contributed by atoms with Crippen LogP contribution in [0.4, 0.5) is 34.1 Å². The van der Waals surface area contributed by atoms with E-state index in [-0.39, 0.29) is 34.6 Å². The maximum absolute atomic E-state index is 12.8. The molecule has 0 bridgehead atoms. The van der Waals surface area contributed by atoms with Crippen molar-refractivity contribution < 1.29 is 16.8 Å². The van der Waals surface area contributed by atoms with Gasteiger partial charge < -0.3 is 31.9 Å². The molecular formula is C37H52Cl2N8O4S2. The molecule has 4 aromatic rings. The summed E-state index contributed by atoms with van der Waals surface area (Å²) in [5.41, 5.74) is 19.2. The minimum absolute atomic E-state index is 0. The topological polar surface area (TPSA) is 175 Å². The maximum atomic E-state index is 12.8. The zero-order chi connectivity index (χ0) is 36.6. The molecule has 0 unspecified atom stereocenters. The Balaban J connectivity index is 0.000000275. The first-order valence-corrected chi connectivity index (χ1v) is 20.2. The Morgan fingerprint density at radius 1 is 0.566 bits per heavy atom. The third-order valence-electron chi connectivity index (χ3n) is 8.92. The second-order valence-electron chi connectivity index (χ2n) is 13.0. The highest BCUT2D eigenvalue weighted by Gasteiger charge is 2.20. The van der Waals surface area contributed by atoms with Crippen molar-refractivity contribution in [2.45, 2.75) is 43.4 Å². The molecule has 0 saturated carbocycles. The van der Waals surface area contributed by atoms with Gasteiger partial charge in [-0.2, -0.15) is 0 Å². The number of nitrogens with one attached hydrogen (secondary N) is 4. The Hall–Kier alpha value is -3.92. The van der Waals surface area contributed by atoms with Gasteiger partial charge in [-0.1, -0.05) is 29.8 Å². The van der Waals surface area contributed by atoms with Gasteiger partial charge in [0.25, 0.3) is 20.0 Å². The SMILES string of the molecule is Cc1ccc(C)c(NS(=O)(=O)c2ccc(N3CCCNCC3)c(N)c2)c1.Cc1ccc(NS(=O)(=O)c2ccc(N3CCCNCC3)c(N)c2)cc1.Cl.Cl. The lowest BCUT2D eigenvalue weighted by Crippen LogP contribution is -2.28. The number of benzene rings is 4. The van der Waals surface area contributed by atoms with Crippen molar-refractivity contribution >= 4 is 79.0 Å². The average molecular weight is 808 g/mol. The lowest BCUT2D eigenvalue weighted by molar-refractivity contribution is 0.599. The van der Waals surface area contributed by atoms with Gasteiger partial charge in [-0.3, -0.25) is 9.44 Å². The molecule has 290 valence electrons. The van der Waals surface area contributed by atoms with Crippen LogP contribution < -0.4 is 41.3 Å². The van der Waals surface area contributed by atoms with E-state index in [1.807, 2.05) is 51.1 Å². The van der Waals surface area contributed by atoms with Crippen LogP contribution in [0, 0.1) is 20.8 Å². The highest BCUT2D eigenvalue weighted by Crippen LogP contribution is 2.30. The summed E-state index contributed by atoms with van der Waals surface area (Å²) < 4.78 is 56.0. The van der Waals surface area contributed by atoms with E-state index in [1.165, 1.54) is 6.07 Å².